The van der Waals surface area contributed by atoms with Crippen LogP contribution in [0.2, 0.25) is 5.02 Å². The average Bonchev–Trinajstić information content (AvgIpc) is 3.66. The standard InChI is InChI=1S/C29H24ClFN8O4/c1-43-29(42)34-17-10-11-18-21(12-17)35-24(40)9-4-2-3-7-20(27-36-22(13-32)26(18)38-27)37-28(41)16-14-33-39(15-16)23-8-5-6-19(30)25(23)31/h2-3,5-6,8,10-12,14-15,20H,4,7,9H2,1H3,(H,34,42)(H,35,40)(H,36,38)(H,37,41). The molecule has 1 unspecified atom stereocenters. The summed E-state index contributed by atoms with van der Waals surface area (Å²) >= 11 is 5.89. The van der Waals surface area contributed by atoms with Crippen LogP contribution >= 0.6 is 11.6 Å². The van der Waals surface area contributed by atoms with Gasteiger partial charge in [0.1, 0.15) is 17.6 Å². The van der Waals surface area contributed by atoms with Crippen molar-refractivity contribution in [1.82, 2.24) is 25.1 Å². The molecule has 43 heavy (non-hydrogen) atoms. The van der Waals surface area contributed by atoms with Crippen LogP contribution in [0.1, 0.15) is 47.2 Å². The van der Waals surface area contributed by atoms with Gasteiger partial charge in [0.05, 0.1) is 41.3 Å². The van der Waals surface area contributed by atoms with Gasteiger partial charge in [-0.2, -0.15) is 10.4 Å². The third-order valence-electron chi connectivity index (χ3n) is 6.56. The lowest BCUT2D eigenvalue weighted by molar-refractivity contribution is -0.116. The van der Waals surface area contributed by atoms with Crippen molar-refractivity contribution in [1.29, 1.82) is 5.26 Å². The molecule has 0 aliphatic carbocycles. The van der Waals surface area contributed by atoms with E-state index in [2.05, 4.69) is 41.8 Å². The molecule has 0 saturated carbocycles. The molecular weight excluding hydrogens is 579 g/mol. The number of hydrogen-bond donors (Lipinski definition) is 4. The number of H-pyrrole nitrogens is 1. The van der Waals surface area contributed by atoms with Crippen molar-refractivity contribution >= 4 is 40.9 Å². The number of anilines is 2. The van der Waals surface area contributed by atoms with Crippen molar-refractivity contribution in [2.24, 2.45) is 0 Å². The van der Waals surface area contributed by atoms with Crippen LogP contribution in [0.5, 0.6) is 0 Å². The molecular formula is C29H24ClFN8O4. The summed E-state index contributed by atoms with van der Waals surface area (Å²) in [7, 11) is 1.23. The third kappa shape index (κ3) is 6.39. The molecule has 2 aromatic carbocycles. The Hall–Kier alpha value is -5.48. The summed E-state index contributed by atoms with van der Waals surface area (Å²) in [4.78, 5) is 45.3. The van der Waals surface area contributed by atoms with Crippen LogP contribution < -0.4 is 16.0 Å². The number of aromatic nitrogens is 4. The number of nitrogens with one attached hydrogen (secondary N) is 4. The molecule has 4 aromatic rings. The van der Waals surface area contributed by atoms with Gasteiger partial charge in [-0.05, 0) is 43.2 Å². The van der Waals surface area contributed by atoms with Crippen LogP contribution in [0.3, 0.4) is 0 Å². The van der Waals surface area contributed by atoms with Gasteiger partial charge in [0.15, 0.2) is 11.5 Å². The number of allylic oxidation sites excluding steroid dienone is 1. The molecule has 2 bridgehead atoms. The SMILES string of the molecule is COC(=O)Nc1ccc2c(c1)NC(=O)CCC=CCC(NC(=O)c1cnn(-c3cccc(Cl)c3F)c1)c1nc(C#N)c-2[nH]1. The summed E-state index contributed by atoms with van der Waals surface area (Å²) < 4.78 is 20.4. The Bertz CT molecular complexity index is 1790. The van der Waals surface area contributed by atoms with Crippen molar-refractivity contribution in [3.8, 4) is 23.0 Å². The highest BCUT2D eigenvalue weighted by Gasteiger charge is 2.24. The fourth-order valence-electron chi connectivity index (χ4n) is 4.44. The molecule has 0 spiro atoms. The van der Waals surface area contributed by atoms with E-state index in [9.17, 15) is 24.0 Å². The van der Waals surface area contributed by atoms with Crippen molar-refractivity contribution < 1.29 is 23.5 Å². The monoisotopic (exact) mass is 602 g/mol. The number of halogens is 2. The minimum absolute atomic E-state index is 0.0312. The Morgan fingerprint density at radius 3 is 2.88 bits per heavy atom. The number of imidazole rings is 1. The van der Waals surface area contributed by atoms with Gasteiger partial charge in [0, 0.05) is 23.9 Å². The number of benzene rings is 2. The molecule has 12 nitrogen and oxygen atoms in total. The number of carbonyl (C=O) groups excluding carboxylic acids is 3. The van der Waals surface area contributed by atoms with Crippen LogP contribution in [0.15, 0.2) is 60.9 Å². The quantitative estimate of drug-likeness (QED) is 0.231. The van der Waals surface area contributed by atoms with E-state index < -0.39 is 23.9 Å². The number of amides is 3. The largest absolute Gasteiger partial charge is 0.453 e. The molecule has 0 fully saturated rings. The number of nitriles is 1. The van der Waals surface area contributed by atoms with Crippen molar-refractivity contribution in [2.45, 2.75) is 25.3 Å². The lowest BCUT2D eigenvalue weighted by Gasteiger charge is -2.15. The number of nitrogens with zero attached hydrogens (tertiary/aromatic N) is 4. The fourth-order valence-corrected chi connectivity index (χ4v) is 4.61. The van der Waals surface area contributed by atoms with Crippen LogP contribution in [0.4, 0.5) is 20.6 Å². The lowest BCUT2D eigenvalue weighted by atomic mass is 10.1. The number of carbonyl (C=O) groups is 3. The Morgan fingerprint density at radius 1 is 1.26 bits per heavy atom. The van der Waals surface area contributed by atoms with Crippen molar-refractivity contribution in [3.63, 3.8) is 0 Å². The topological polar surface area (TPSA) is 167 Å². The third-order valence-corrected chi connectivity index (χ3v) is 6.85. The highest BCUT2D eigenvalue weighted by atomic mass is 35.5. The molecule has 3 heterocycles. The van der Waals surface area contributed by atoms with E-state index in [0.717, 1.165) is 0 Å². The molecule has 0 radical (unpaired) electrons. The molecule has 218 valence electrons. The van der Waals surface area contributed by atoms with Gasteiger partial charge < -0.3 is 20.4 Å². The van der Waals surface area contributed by atoms with E-state index in [-0.39, 0.29) is 40.7 Å². The van der Waals surface area contributed by atoms with Gasteiger partial charge in [-0.1, -0.05) is 29.8 Å². The number of methoxy groups -OCH3 is 1. The van der Waals surface area contributed by atoms with E-state index in [0.29, 0.717) is 34.9 Å². The summed E-state index contributed by atoms with van der Waals surface area (Å²) in [6, 6.07) is 10.6. The Labute approximate surface area is 249 Å². The minimum Gasteiger partial charge on any atom is -0.453 e. The number of ether oxygens (including phenoxy) is 1. The van der Waals surface area contributed by atoms with E-state index in [1.165, 1.54) is 36.3 Å². The molecule has 2 aromatic heterocycles. The molecule has 0 saturated heterocycles. The zero-order valence-electron chi connectivity index (χ0n) is 22.6. The fraction of sp³-hybridized carbons (Fsp3) is 0.172. The van der Waals surface area contributed by atoms with Gasteiger partial charge in [-0.15, -0.1) is 0 Å². The number of hydrogen-bond acceptors (Lipinski definition) is 7. The zero-order chi connectivity index (χ0) is 30.5. The minimum atomic E-state index is -0.705. The van der Waals surface area contributed by atoms with E-state index >= 15 is 0 Å². The Kier molecular flexibility index (Phi) is 8.49. The van der Waals surface area contributed by atoms with Crippen LogP contribution in [0.25, 0.3) is 16.9 Å². The first-order chi connectivity index (χ1) is 20.8. The van der Waals surface area contributed by atoms with Crippen molar-refractivity contribution in [2.75, 3.05) is 17.7 Å². The van der Waals surface area contributed by atoms with Crippen LogP contribution in [0, 0.1) is 17.1 Å². The van der Waals surface area contributed by atoms with Crippen LogP contribution in [-0.2, 0) is 9.53 Å². The van der Waals surface area contributed by atoms with Gasteiger partial charge >= 0.3 is 6.09 Å². The molecule has 14 heteroatoms. The lowest BCUT2D eigenvalue weighted by Crippen LogP contribution is -2.29. The zero-order valence-corrected chi connectivity index (χ0v) is 23.4. The molecule has 5 rings (SSSR count). The van der Waals surface area contributed by atoms with Crippen molar-refractivity contribution in [3.05, 3.63) is 88.9 Å². The number of fused-ring (bicyclic) bond motifs is 4. The molecule has 1 atom stereocenters. The van der Waals surface area contributed by atoms with E-state index in [1.807, 2.05) is 6.08 Å². The second-order valence-corrected chi connectivity index (χ2v) is 9.81. The predicted octanol–water partition coefficient (Wildman–Crippen LogP) is 5.25. The maximum absolute atomic E-state index is 14.5. The maximum Gasteiger partial charge on any atom is 0.411 e. The second-order valence-electron chi connectivity index (χ2n) is 9.40. The highest BCUT2D eigenvalue weighted by Crippen LogP contribution is 2.34. The Balaban J connectivity index is 1.49. The van der Waals surface area contributed by atoms with E-state index in [1.54, 1.807) is 30.3 Å². The summed E-state index contributed by atoms with van der Waals surface area (Å²) in [5.74, 6) is -1.17. The smallest absolute Gasteiger partial charge is 0.411 e. The van der Waals surface area contributed by atoms with E-state index in [4.69, 9.17) is 11.6 Å². The molecule has 1 aliphatic rings. The summed E-state index contributed by atoms with van der Waals surface area (Å²) in [6.45, 7) is 0. The van der Waals surface area contributed by atoms with Gasteiger partial charge in [0.25, 0.3) is 5.91 Å². The maximum atomic E-state index is 14.5. The summed E-state index contributed by atoms with van der Waals surface area (Å²) in [6.07, 6.45) is 6.48. The molecule has 1 aliphatic heterocycles. The second kappa shape index (κ2) is 12.6. The Morgan fingerprint density at radius 2 is 2.09 bits per heavy atom. The first-order valence-corrected chi connectivity index (χ1v) is 13.4. The average molecular weight is 603 g/mol. The summed E-state index contributed by atoms with van der Waals surface area (Å²) in [5.41, 5.74) is 1.71. The highest BCUT2D eigenvalue weighted by molar-refractivity contribution is 6.30. The van der Waals surface area contributed by atoms with Crippen LogP contribution in [-0.4, -0.2) is 44.8 Å². The van der Waals surface area contributed by atoms with Gasteiger partial charge in [-0.3, -0.25) is 14.9 Å². The molecule has 4 N–H and O–H groups in total. The van der Waals surface area contributed by atoms with Gasteiger partial charge in [0.2, 0.25) is 5.91 Å². The predicted molar refractivity (Wildman–Crippen MR) is 155 cm³/mol. The number of rotatable bonds is 4. The first kappa shape index (κ1) is 29.0. The molecule has 3 amide bonds. The number of aromatic amines is 1. The first-order valence-electron chi connectivity index (χ1n) is 13.0. The van der Waals surface area contributed by atoms with Gasteiger partial charge in [-0.25, -0.2) is 18.9 Å². The summed E-state index contributed by atoms with van der Waals surface area (Å²) in [5, 5.41) is 22.2. The normalized spacial score (nSPS) is 14.7.